The van der Waals surface area contributed by atoms with Crippen LogP contribution in [0.2, 0.25) is 0 Å². The fourth-order valence-corrected chi connectivity index (χ4v) is 3.52. The van der Waals surface area contributed by atoms with E-state index in [0.717, 1.165) is 33.8 Å². The topological polar surface area (TPSA) is 64.4 Å². The van der Waals surface area contributed by atoms with Gasteiger partial charge in [-0.15, -0.1) is 0 Å². The molecule has 4 rings (SSSR count). The van der Waals surface area contributed by atoms with Crippen molar-refractivity contribution in [1.29, 1.82) is 0 Å². The Balaban J connectivity index is 1.75. The number of nitrogens with zero attached hydrogens (tertiary/aromatic N) is 2. The van der Waals surface area contributed by atoms with Gasteiger partial charge in [0.1, 0.15) is 5.75 Å². The van der Waals surface area contributed by atoms with E-state index < -0.39 is 5.97 Å². The molecule has 0 radical (unpaired) electrons. The smallest absolute Gasteiger partial charge is 0.303 e. The van der Waals surface area contributed by atoms with E-state index in [4.69, 9.17) is 14.9 Å². The molecule has 0 amide bonds. The third-order valence-corrected chi connectivity index (χ3v) is 5.08. The molecule has 0 bridgehead atoms. The average molecular weight is 412 g/mol. The highest BCUT2D eigenvalue weighted by Crippen LogP contribution is 2.34. The maximum absolute atomic E-state index is 10.8. The molecule has 0 aliphatic rings. The van der Waals surface area contributed by atoms with Crippen LogP contribution >= 0.6 is 0 Å². The number of aromatic nitrogens is 2. The molecule has 5 heteroatoms. The van der Waals surface area contributed by atoms with Gasteiger partial charge in [-0.2, -0.15) is 5.10 Å². The summed E-state index contributed by atoms with van der Waals surface area (Å²) < 4.78 is 7.89. The molecule has 0 fully saturated rings. The van der Waals surface area contributed by atoms with Crippen molar-refractivity contribution in [2.45, 2.75) is 19.8 Å². The second kappa shape index (κ2) is 9.30. The lowest BCUT2D eigenvalue weighted by molar-refractivity contribution is -0.137. The van der Waals surface area contributed by atoms with Gasteiger partial charge in [-0.05, 0) is 43.2 Å². The van der Waals surface area contributed by atoms with Gasteiger partial charge in [0.15, 0.2) is 0 Å². The van der Waals surface area contributed by atoms with Gasteiger partial charge in [-0.1, -0.05) is 60.7 Å². The highest BCUT2D eigenvalue weighted by molar-refractivity contribution is 5.74. The summed E-state index contributed by atoms with van der Waals surface area (Å²) >= 11 is 0. The number of benzene rings is 3. The minimum absolute atomic E-state index is 0.0855. The third kappa shape index (κ3) is 4.67. The van der Waals surface area contributed by atoms with Crippen molar-refractivity contribution < 1.29 is 14.6 Å². The molecule has 1 aromatic heterocycles. The van der Waals surface area contributed by atoms with E-state index >= 15 is 0 Å². The molecule has 5 nitrogen and oxygen atoms in total. The molecule has 4 aromatic rings. The molecular formula is C26H24N2O3. The fourth-order valence-electron chi connectivity index (χ4n) is 3.52. The molecule has 31 heavy (non-hydrogen) atoms. The van der Waals surface area contributed by atoms with Crippen LogP contribution < -0.4 is 4.74 Å². The average Bonchev–Trinajstić information content (AvgIpc) is 3.23. The van der Waals surface area contributed by atoms with Crippen LogP contribution in [0, 0.1) is 6.92 Å². The Kier molecular flexibility index (Phi) is 6.13. The predicted molar refractivity (Wildman–Crippen MR) is 122 cm³/mol. The second-order valence-corrected chi connectivity index (χ2v) is 7.32. The minimum atomic E-state index is -0.818. The van der Waals surface area contributed by atoms with Crippen molar-refractivity contribution in [1.82, 2.24) is 9.78 Å². The predicted octanol–water partition coefficient (Wildman–Crippen LogP) is 5.76. The summed E-state index contributed by atoms with van der Waals surface area (Å²) in [7, 11) is 0. The molecule has 0 spiro atoms. The molecule has 156 valence electrons. The Labute approximate surface area is 181 Å². The highest BCUT2D eigenvalue weighted by Gasteiger charge is 2.16. The van der Waals surface area contributed by atoms with Crippen LogP contribution in [0.5, 0.6) is 5.75 Å². The lowest BCUT2D eigenvalue weighted by Gasteiger charge is -2.10. The summed E-state index contributed by atoms with van der Waals surface area (Å²) in [5.41, 5.74) is 5.90. The zero-order valence-electron chi connectivity index (χ0n) is 17.4. The van der Waals surface area contributed by atoms with Crippen LogP contribution in [0.3, 0.4) is 0 Å². The van der Waals surface area contributed by atoms with Crippen molar-refractivity contribution in [3.8, 4) is 34.0 Å². The summed E-state index contributed by atoms with van der Waals surface area (Å²) in [6, 6.07) is 28.2. The van der Waals surface area contributed by atoms with Crippen molar-refractivity contribution in [2.24, 2.45) is 0 Å². The first-order chi connectivity index (χ1) is 15.1. The van der Waals surface area contributed by atoms with Crippen molar-refractivity contribution in [3.63, 3.8) is 0 Å². The third-order valence-electron chi connectivity index (χ3n) is 5.08. The molecule has 1 heterocycles. The van der Waals surface area contributed by atoms with E-state index in [9.17, 15) is 4.79 Å². The van der Waals surface area contributed by atoms with Crippen molar-refractivity contribution in [2.75, 3.05) is 6.61 Å². The van der Waals surface area contributed by atoms with Gasteiger partial charge in [0.2, 0.25) is 0 Å². The normalized spacial score (nSPS) is 10.7. The summed E-state index contributed by atoms with van der Waals surface area (Å²) in [6.07, 6.45) is 0.540. The Morgan fingerprint density at radius 3 is 2.45 bits per heavy atom. The Bertz CT molecular complexity index is 1180. The SMILES string of the molecule is Cc1ccccc1-n1nc(-c2ccccc2OCCCC(=O)O)cc1-c1ccccc1. The maximum Gasteiger partial charge on any atom is 0.303 e. The number of para-hydroxylation sites is 2. The second-order valence-electron chi connectivity index (χ2n) is 7.32. The minimum Gasteiger partial charge on any atom is -0.493 e. The molecule has 0 unspecified atom stereocenters. The number of carboxylic acids is 1. The summed E-state index contributed by atoms with van der Waals surface area (Å²) in [5.74, 6) is -0.122. The number of hydrogen-bond acceptors (Lipinski definition) is 3. The monoisotopic (exact) mass is 412 g/mol. The van der Waals surface area contributed by atoms with Crippen LogP contribution in [0.4, 0.5) is 0 Å². The molecule has 0 saturated heterocycles. The van der Waals surface area contributed by atoms with Gasteiger partial charge in [0.25, 0.3) is 0 Å². The number of ether oxygens (including phenoxy) is 1. The van der Waals surface area contributed by atoms with E-state index in [2.05, 4.69) is 37.3 Å². The molecule has 3 aromatic carbocycles. The molecule has 0 aliphatic carbocycles. The molecule has 0 atom stereocenters. The first kappa shape index (κ1) is 20.4. The van der Waals surface area contributed by atoms with E-state index in [1.165, 1.54) is 0 Å². The van der Waals surface area contributed by atoms with Gasteiger partial charge in [-0.25, -0.2) is 4.68 Å². The summed E-state index contributed by atoms with van der Waals surface area (Å²) in [4.78, 5) is 10.8. The van der Waals surface area contributed by atoms with Gasteiger partial charge >= 0.3 is 5.97 Å². The molecular weight excluding hydrogens is 388 g/mol. The first-order valence-corrected chi connectivity index (χ1v) is 10.3. The standard InChI is InChI=1S/C26H24N2O3/c1-19-10-5-7-14-23(19)28-24(20-11-3-2-4-12-20)18-22(27-28)21-13-6-8-15-25(21)31-17-9-16-26(29)30/h2-8,10-15,18H,9,16-17H2,1H3,(H,29,30). The Morgan fingerprint density at radius 2 is 1.68 bits per heavy atom. The van der Waals surface area contributed by atoms with Crippen molar-refractivity contribution in [3.05, 3.63) is 90.5 Å². The maximum atomic E-state index is 10.8. The number of hydrogen-bond donors (Lipinski definition) is 1. The Morgan fingerprint density at radius 1 is 0.968 bits per heavy atom. The zero-order valence-corrected chi connectivity index (χ0v) is 17.4. The highest BCUT2D eigenvalue weighted by atomic mass is 16.5. The van der Waals surface area contributed by atoms with Crippen LogP contribution in [0.15, 0.2) is 84.9 Å². The fraction of sp³-hybridized carbons (Fsp3) is 0.154. The lowest BCUT2D eigenvalue weighted by Crippen LogP contribution is -2.03. The van der Waals surface area contributed by atoms with Crippen LogP contribution in [-0.2, 0) is 4.79 Å². The van der Waals surface area contributed by atoms with Crippen LogP contribution in [0.25, 0.3) is 28.2 Å². The molecule has 0 saturated carbocycles. The zero-order chi connectivity index (χ0) is 21.6. The van der Waals surface area contributed by atoms with Crippen LogP contribution in [-0.4, -0.2) is 27.5 Å². The number of aryl methyl sites for hydroxylation is 1. The van der Waals surface area contributed by atoms with Gasteiger partial charge in [0, 0.05) is 17.5 Å². The van der Waals surface area contributed by atoms with E-state index in [1.54, 1.807) is 0 Å². The van der Waals surface area contributed by atoms with Gasteiger partial charge < -0.3 is 9.84 Å². The van der Waals surface area contributed by atoms with Gasteiger partial charge in [-0.3, -0.25) is 4.79 Å². The van der Waals surface area contributed by atoms with Gasteiger partial charge in [0.05, 0.1) is 23.7 Å². The first-order valence-electron chi connectivity index (χ1n) is 10.3. The van der Waals surface area contributed by atoms with E-state index in [0.29, 0.717) is 18.8 Å². The van der Waals surface area contributed by atoms with E-state index in [1.807, 2.05) is 59.3 Å². The Hall–Kier alpha value is -3.86. The van der Waals surface area contributed by atoms with Crippen molar-refractivity contribution >= 4 is 5.97 Å². The largest absolute Gasteiger partial charge is 0.493 e. The lowest BCUT2D eigenvalue weighted by atomic mass is 10.1. The summed E-state index contributed by atoms with van der Waals surface area (Å²) in [6.45, 7) is 2.42. The summed E-state index contributed by atoms with van der Waals surface area (Å²) in [5, 5.41) is 13.8. The number of rotatable bonds is 8. The number of carboxylic acid groups (broad SMARTS) is 1. The van der Waals surface area contributed by atoms with E-state index in [-0.39, 0.29) is 6.42 Å². The molecule has 0 aliphatic heterocycles. The van der Waals surface area contributed by atoms with Crippen LogP contribution in [0.1, 0.15) is 18.4 Å². The molecule has 1 N–H and O–H groups in total. The quantitative estimate of drug-likeness (QED) is 0.374. The number of aliphatic carboxylic acids is 1. The number of carbonyl (C=O) groups is 1.